The van der Waals surface area contributed by atoms with E-state index >= 15 is 0 Å². The quantitative estimate of drug-likeness (QED) is 0.512. The summed E-state index contributed by atoms with van der Waals surface area (Å²) in [7, 11) is 4.62. The zero-order chi connectivity index (χ0) is 19.6. The minimum atomic E-state index is -0.230. The van der Waals surface area contributed by atoms with E-state index in [0.29, 0.717) is 37.2 Å². The molecule has 1 fully saturated rings. The Kier molecular flexibility index (Phi) is 5.94. The lowest BCUT2D eigenvalue weighted by atomic mass is 10.1. The van der Waals surface area contributed by atoms with Gasteiger partial charge in [-0.15, -0.1) is 0 Å². The molecule has 0 atom stereocenters. The van der Waals surface area contributed by atoms with E-state index in [9.17, 15) is 4.79 Å². The van der Waals surface area contributed by atoms with Crippen molar-refractivity contribution in [3.05, 3.63) is 51.9 Å². The number of carbonyl (C=O) groups is 1. The molecule has 2 aromatic rings. The molecular weight excluding hydrogens is 406 g/mol. The maximum Gasteiger partial charge on any atom is 0.270 e. The van der Waals surface area contributed by atoms with Gasteiger partial charge in [0, 0.05) is 0 Å². The Bertz CT molecular complexity index is 920. The van der Waals surface area contributed by atoms with Gasteiger partial charge in [-0.05, 0) is 35.9 Å². The molecule has 0 radical (unpaired) electrons. The van der Waals surface area contributed by atoms with E-state index in [1.54, 1.807) is 36.4 Å². The average Bonchev–Trinajstić information content (AvgIpc) is 2.94. The van der Waals surface area contributed by atoms with Gasteiger partial charge in [-0.3, -0.25) is 9.69 Å². The molecule has 1 amide bonds. The van der Waals surface area contributed by atoms with Gasteiger partial charge in [-0.25, -0.2) is 0 Å². The fraction of sp³-hybridized carbons (Fsp3) is 0.158. The van der Waals surface area contributed by atoms with Crippen LogP contribution in [0.15, 0.2) is 41.3 Å². The number of anilines is 1. The number of thiocarbonyl (C=S) groups is 1. The number of ether oxygens (including phenoxy) is 3. The summed E-state index contributed by atoms with van der Waals surface area (Å²) in [5, 5.41) is 0.461. The highest BCUT2D eigenvalue weighted by molar-refractivity contribution is 8.27. The van der Waals surface area contributed by atoms with Crippen LogP contribution in [0, 0.1) is 0 Å². The Balaban J connectivity index is 2.00. The Morgan fingerprint density at radius 2 is 1.70 bits per heavy atom. The molecule has 0 unspecified atom stereocenters. The molecule has 0 aliphatic carbocycles. The number of benzene rings is 2. The molecule has 0 N–H and O–H groups in total. The third kappa shape index (κ3) is 3.76. The SMILES string of the molecule is COc1cc(C=C2SC(=S)N(c3ccccc3Cl)C2=O)cc(OC)c1OC. The van der Waals surface area contributed by atoms with Crippen molar-refractivity contribution in [1.82, 2.24) is 0 Å². The van der Waals surface area contributed by atoms with Crippen molar-refractivity contribution in [3.63, 3.8) is 0 Å². The standard InChI is InChI=1S/C19H16ClNO4S2/c1-23-14-8-11(9-15(24-2)17(14)25-3)10-16-18(22)21(19(26)27-16)13-7-5-4-6-12(13)20/h4-10H,1-3H3. The fourth-order valence-electron chi connectivity index (χ4n) is 2.64. The van der Waals surface area contributed by atoms with Crippen LogP contribution in [-0.2, 0) is 4.79 Å². The maximum atomic E-state index is 12.9. The third-order valence-electron chi connectivity index (χ3n) is 3.87. The molecule has 0 spiro atoms. The van der Waals surface area contributed by atoms with Crippen LogP contribution in [-0.4, -0.2) is 31.6 Å². The summed E-state index contributed by atoms with van der Waals surface area (Å²) < 4.78 is 16.5. The Morgan fingerprint density at radius 3 is 2.26 bits per heavy atom. The van der Waals surface area contributed by atoms with Crippen molar-refractivity contribution in [1.29, 1.82) is 0 Å². The molecule has 0 saturated carbocycles. The molecule has 1 aliphatic heterocycles. The van der Waals surface area contributed by atoms with Gasteiger partial charge in [0.15, 0.2) is 15.8 Å². The highest BCUT2D eigenvalue weighted by Gasteiger charge is 2.34. The topological polar surface area (TPSA) is 48.0 Å². The van der Waals surface area contributed by atoms with Gasteiger partial charge >= 0.3 is 0 Å². The van der Waals surface area contributed by atoms with Crippen LogP contribution >= 0.6 is 35.6 Å². The number of hydrogen-bond acceptors (Lipinski definition) is 6. The maximum absolute atomic E-state index is 12.9. The van der Waals surface area contributed by atoms with Gasteiger partial charge in [0.25, 0.3) is 5.91 Å². The van der Waals surface area contributed by atoms with Gasteiger partial charge in [-0.2, -0.15) is 0 Å². The van der Waals surface area contributed by atoms with Crippen LogP contribution < -0.4 is 19.1 Å². The Morgan fingerprint density at radius 1 is 1.07 bits per heavy atom. The molecule has 27 heavy (non-hydrogen) atoms. The predicted molar refractivity (Wildman–Crippen MR) is 113 cm³/mol. The van der Waals surface area contributed by atoms with Gasteiger partial charge in [0.2, 0.25) is 5.75 Å². The fourth-order valence-corrected chi connectivity index (χ4v) is 4.15. The second-order valence-electron chi connectivity index (χ2n) is 5.43. The summed E-state index contributed by atoms with van der Waals surface area (Å²) >= 11 is 12.8. The first-order chi connectivity index (χ1) is 13.0. The van der Waals surface area contributed by atoms with Crippen molar-refractivity contribution >= 4 is 57.6 Å². The monoisotopic (exact) mass is 421 g/mol. The predicted octanol–water partition coefficient (Wildman–Crippen LogP) is 4.77. The lowest BCUT2D eigenvalue weighted by Gasteiger charge is -2.15. The molecule has 1 aliphatic rings. The zero-order valence-electron chi connectivity index (χ0n) is 14.8. The van der Waals surface area contributed by atoms with E-state index < -0.39 is 0 Å². The largest absolute Gasteiger partial charge is 0.493 e. The van der Waals surface area contributed by atoms with Gasteiger partial charge in [0.1, 0.15) is 0 Å². The normalized spacial score (nSPS) is 15.4. The first-order valence-corrected chi connectivity index (χ1v) is 9.43. The van der Waals surface area contributed by atoms with E-state index in [2.05, 4.69) is 0 Å². The highest BCUT2D eigenvalue weighted by Crippen LogP contribution is 2.42. The molecule has 1 heterocycles. The van der Waals surface area contributed by atoms with Crippen LogP contribution in [0.2, 0.25) is 5.02 Å². The van der Waals surface area contributed by atoms with Crippen molar-refractivity contribution < 1.29 is 19.0 Å². The molecular formula is C19H16ClNO4S2. The smallest absolute Gasteiger partial charge is 0.270 e. The lowest BCUT2D eigenvalue weighted by Crippen LogP contribution is -2.27. The average molecular weight is 422 g/mol. The summed E-state index contributed by atoms with van der Waals surface area (Å²) in [5.41, 5.74) is 1.29. The number of rotatable bonds is 5. The van der Waals surface area contributed by atoms with E-state index in [1.165, 1.54) is 38.0 Å². The highest BCUT2D eigenvalue weighted by atomic mass is 35.5. The minimum absolute atomic E-state index is 0.230. The number of hydrogen-bond donors (Lipinski definition) is 0. The lowest BCUT2D eigenvalue weighted by molar-refractivity contribution is -0.113. The zero-order valence-corrected chi connectivity index (χ0v) is 17.2. The van der Waals surface area contributed by atoms with E-state index in [4.69, 9.17) is 38.0 Å². The number of para-hydroxylation sites is 1. The number of nitrogens with zero attached hydrogens (tertiary/aromatic N) is 1. The van der Waals surface area contributed by atoms with Gasteiger partial charge < -0.3 is 14.2 Å². The van der Waals surface area contributed by atoms with Crippen molar-refractivity contribution in [2.45, 2.75) is 0 Å². The number of halogens is 1. The van der Waals surface area contributed by atoms with E-state index in [0.717, 1.165) is 5.56 Å². The van der Waals surface area contributed by atoms with Crippen LogP contribution in [0.3, 0.4) is 0 Å². The summed E-state index contributed by atoms with van der Waals surface area (Å²) in [6, 6.07) is 10.6. The van der Waals surface area contributed by atoms with Crippen molar-refractivity contribution in [3.8, 4) is 17.2 Å². The minimum Gasteiger partial charge on any atom is -0.493 e. The molecule has 2 aromatic carbocycles. The first kappa shape index (κ1) is 19.5. The Hall–Kier alpha value is -2.22. The molecule has 140 valence electrons. The van der Waals surface area contributed by atoms with E-state index in [-0.39, 0.29) is 5.91 Å². The molecule has 3 rings (SSSR count). The van der Waals surface area contributed by atoms with Gasteiger partial charge in [0.05, 0.1) is 36.9 Å². The second-order valence-corrected chi connectivity index (χ2v) is 7.51. The number of amides is 1. The van der Waals surface area contributed by atoms with Crippen LogP contribution in [0.4, 0.5) is 5.69 Å². The molecule has 0 bridgehead atoms. The molecule has 8 heteroatoms. The Labute approximate surface area is 171 Å². The summed E-state index contributed by atoms with van der Waals surface area (Å²) in [4.78, 5) is 14.8. The number of carbonyl (C=O) groups excluding carboxylic acids is 1. The van der Waals surface area contributed by atoms with Gasteiger partial charge in [-0.1, -0.05) is 47.7 Å². The molecule has 5 nitrogen and oxygen atoms in total. The van der Waals surface area contributed by atoms with Crippen LogP contribution in [0.5, 0.6) is 17.2 Å². The third-order valence-corrected chi connectivity index (χ3v) is 5.49. The summed E-state index contributed by atoms with van der Waals surface area (Å²) in [6.45, 7) is 0. The number of thioether (sulfide) groups is 1. The van der Waals surface area contributed by atoms with Crippen LogP contribution in [0.25, 0.3) is 6.08 Å². The summed E-state index contributed by atoms with van der Waals surface area (Å²) in [5.74, 6) is 1.27. The number of methoxy groups -OCH3 is 3. The second kappa shape index (κ2) is 8.21. The molecule has 1 saturated heterocycles. The molecule has 0 aromatic heterocycles. The summed E-state index contributed by atoms with van der Waals surface area (Å²) in [6.07, 6.45) is 1.74. The van der Waals surface area contributed by atoms with Crippen molar-refractivity contribution in [2.24, 2.45) is 0 Å². The van der Waals surface area contributed by atoms with E-state index in [1.807, 2.05) is 6.07 Å². The van der Waals surface area contributed by atoms with Crippen molar-refractivity contribution in [2.75, 3.05) is 26.2 Å². The first-order valence-electron chi connectivity index (χ1n) is 7.82. The van der Waals surface area contributed by atoms with Crippen LogP contribution in [0.1, 0.15) is 5.56 Å².